The van der Waals surface area contributed by atoms with Crippen molar-refractivity contribution >= 4 is 15.8 Å². The van der Waals surface area contributed by atoms with Crippen LogP contribution in [0.4, 0.5) is 5.82 Å². The molecule has 8 nitrogen and oxygen atoms in total. The zero-order valence-electron chi connectivity index (χ0n) is 16.3. The number of aromatic nitrogens is 3. The first-order chi connectivity index (χ1) is 13.2. The molecule has 4 rings (SSSR count). The quantitative estimate of drug-likeness (QED) is 0.817. The van der Waals surface area contributed by atoms with Crippen molar-refractivity contribution in [1.29, 1.82) is 0 Å². The lowest BCUT2D eigenvalue weighted by Gasteiger charge is -2.47. The van der Waals surface area contributed by atoms with E-state index < -0.39 is 10.0 Å². The zero-order chi connectivity index (χ0) is 20.1. The van der Waals surface area contributed by atoms with Crippen LogP contribution in [-0.4, -0.2) is 48.8 Å². The summed E-state index contributed by atoms with van der Waals surface area (Å²) in [7, 11) is -3.34. The van der Waals surface area contributed by atoms with Crippen LogP contribution < -0.4 is 15.2 Å². The van der Waals surface area contributed by atoms with Crippen molar-refractivity contribution in [2.24, 2.45) is 5.92 Å². The van der Waals surface area contributed by atoms with Crippen LogP contribution in [0.25, 0.3) is 0 Å². The van der Waals surface area contributed by atoms with E-state index in [1.807, 2.05) is 26.1 Å². The molecular formula is C19H25N5O3S. The molecule has 0 saturated carbocycles. The lowest BCUT2D eigenvalue weighted by atomic mass is 9.78. The molecule has 0 unspecified atom stereocenters. The zero-order valence-corrected chi connectivity index (χ0v) is 17.1. The summed E-state index contributed by atoms with van der Waals surface area (Å²) in [6.45, 7) is 5.60. The highest BCUT2D eigenvalue weighted by Gasteiger charge is 2.41. The number of hydrogen-bond acceptors (Lipinski definition) is 6. The summed E-state index contributed by atoms with van der Waals surface area (Å²) >= 11 is 0. The van der Waals surface area contributed by atoms with Gasteiger partial charge in [-0.05, 0) is 32.3 Å². The van der Waals surface area contributed by atoms with E-state index in [-0.39, 0.29) is 30.0 Å². The first kappa shape index (κ1) is 19.1. The fraction of sp³-hybridized carbons (Fsp3) is 0.526. The SMILES string of the molecule is Cc1ncc(C)c(N2C[C@H]3C[C@@H](C2)[C@H](CNS(C)(=O)=O)n2c3cccc2=O)n1. The molecule has 1 saturated heterocycles. The Morgan fingerprint density at radius 2 is 2.04 bits per heavy atom. The van der Waals surface area contributed by atoms with Gasteiger partial charge in [0.1, 0.15) is 11.6 Å². The second-order valence-corrected chi connectivity index (χ2v) is 9.70. The topological polar surface area (TPSA) is 97.2 Å². The van der Waals surface area contributed by atoms with Gasteiger partial charge in [0.05, 0.1) is 12.3 Å². The molecule has 4 heterocycles. The van der Waals surface area contributed by atoms with E-state index in [4.69, 9.17) is 0 Å². The Morgan fingerprint density at radius 1 is 1.25 bits per heavy atom. The highest BCUT2D eigenvalue weighted by Crippen LogP contribution is 2.42. The largest absolute Gasteiger partial charge is 0.355 e. The van der Waals surface area contributed by atoms with Crippen LogP contribution in [0.2, 0.25) is 0 Å². The molecule has 28 heavy (non-hydrogen) atoms. The summed E-state index contributed by atoms with van der Waals surface area (Å²) in [4.78, 5) is 23.8. The molecule has 2 aliphatic heterocycles. The monoisotopic (exact) mass is 403 g/mol. The molecule has 2 aliphatic rings. The average Bonchev–Trinajstić information content (AvgIpc) is 2.63. The third-order valence-corrected chi connectivity index (χ3v) is 6.41. The van der Waals surface area contributed by atoms with Gasteiger partial charge in [0.2, 0.25) is 10.0 Å². The summed E-state index contributed by atoms with van der Waals surface area (Å²) < 4.78 is 27.8. The number of pyridine rings is 1. The fourth-order valence-electron chi connectivity index (χ4n) is 4.55. The maximum Gasteiger partial charge on any atom is 0.251 e. The van der Waals surface area contributed by atoms with E-state index in [9.17, 15) is 13.2 Å². The third kappa shape index (κ3) is 3.56. The smallest absolute Gasteiger partial charge is 0.251 e. The number of sulfonamides is 1. The average molecular weight is 404 g/mol. The molecule has 1 fully saturated rings. The van der Waals surface area contributed by atoms with E-state index >= 15 is 0 Å². The van der Waals surface area contributed by atoms with Crippen molar-refractivity contribution in [2.75, 3.05) is 30.8 Å². The fourth-order valence-corrected chi connectivity index (χ4v) is 5.03. The van der Waals surface area contributed by atoms with Gasteiger partial charge in [0.25, 0.3) is 5.56 Å². The Hall–Kier alpha value is -2.26. The predicted molar refractivity (Wildman–Crippen MR) is 107 cm³/mol. The van der Waals surface area contributed by atoms with Crippen molar-refractivity contribution in [3.8, 4) is 0 Å². The summed E-state index contributed by atoms with van der Waals surface area (Å²) in [6.07, 6.45) is 3.91. The van der Waals surface area contributed by atoms with Gasteiger partial charge in [-0.1, -0.05) is 6.07 Å². The Bertz CT molecular complexity index is 1070. The minimum Gasteiger partial charge on any atom is -0.355 e. The molecule has 0 amide bonds. The first-order valence-electron chi connectivity index (χ1n) is 9.44. The molecule has 150 valence electrons. The van der Waals surface area contributed by atoms with Gasteiger partial charge in [-0.25, -0.2) is 23.1 Å². The van der Waals surface area contributed by atoms with E-state index in [0.29, 0.717) is 0 Å². The number of piperidine rings is 1. The summed E-state index contributed by atoms with van der Waals surface area (Å²) in [5.74, 6) is 2.00. The number of hydrogen-bond donors (Lipinski definition) is 1. The van der Waals surface area contributed by atoms with E-state index in [2.05, 4.69) is 19.6 Å². The molecule has 3 atom stereocenters. The van der Waals surface area contributed by atoms with Gasteiger partial charge in [0.15, 0.2) is 0 Å². The van der Waals surface area contributed by atoms with E-state index in [1.165, 1.54) is 0 Å². The lowest BCUT2D eigenvalue weighted by Crippen LogP contribution is -2.52. The standard InChI is InChI=1S/C19H25N5O3S/c1-12-8-20-13(2)22-19(12)23-10-14-7-15(11-23)17(9-21-28(3,26)27)24-16(14)5-4-6-18(24)25/h4-6,8,14-15,17,21H,7,9-11H2,1-3H3/t14-,15+,17+/m1/s1. The van der Waals surface area contributed by atoms with E-state index in [0.717, 1.165) is 48.7 Å². The molecule has 9 heteroatoms. The minimum atomic E-state index is -3.34. The Labute approximate surface area is 164 Å². The molecule has 0 aliphatic carbocycles. The van der Waals surface area contributed by atoms with Gasteiger partial charge < -0.3 is 9.47 Å². The first-order valence-corrected chi connectivity index (χ1v) is 11.3. The van der Waals surface area contributed by atoms with Gasteiger partial charge in [-0.3, -0.25) is 4.79 Å². The Balaban J connectivity index is 1.74. The molecular weight excluding hydrogens is 378 g/mol. The molecule has 0 spiro atoms. The second kappa shape index (κ2) is 6.97. The van der Waals surface area contributed by atoms with Crippen LogP contribution in [0.15, 0.2) is 29.2 Å². The lowest BCUT2D eigenvalue weighted by molar-refractivity contribution is 0.213. The molecule has 2 bridgehead atoms. The number of aryl methyl sites for hydroxylation is 2. The van der Waals surface area contributed by atoms with Crippen molar-refractivity contribution in [3.05, 3.63) is 51.8 Å². The van der Waals surface area contributed by atoms with Crippen LogP contribution in [-0.2, 0) is 10.0 Å². The number of anilines is 1. The number of fused-ring (bicyclic) bond motifs is 4. The molecule has 2 aromatic rings. The van der Waals surface area contributed by atoms with Gasteiger partial charge in [-0.2, -0.15) is 0 Å². The number of nitrogens with one attached hydrogen (secondary N) is 1. The summed E-state index contributed by atoms with van der Waals surface area (Å²) in [5.41, 5.74) is 1.91. The van der Waals surface area contributed by atoms with Crippen LogP contribution in [0, 0.1) is 19.8 Å². The van der Waals surface area contributed by atoms with Crippen LogP contribution in [0.5, 0.6) is 0 Å². The second-order valence-electron chi connectivity index (χ2n) is 7.87. The highest BCUT2D eigenvalue weighted by atomic mass is 32.2. The van der Waals surface area contributed by atoms with Gasteiger partial charge in [-0.15, -0.1) is 0 Å². The predicted octanol–water partition coefficient (Wildman–Crippen LogP) is 0.969. The Morgan fingerprint density at radius 3 is 2.79 bits per heavy atom. The van der Waals surface area contributed by atoms with E-state index in [1.54, 1.807) is 16.7 Å². The van der Waals surface area contributed by atoms with Gasteiger partial charge in [0, 0.05) is 49.1 Å². The summed E-state index contributed by atoms with van der Waals surface area (Å²) in [6, 6.07) is 5.10. The maximum absolute atomic E-state index is 12.6. The third-order valence-electron chi connectivity index (χ3n) is 5.72. The Kier molecular flexibility index (Phi) is 4.75. The van der Waals surface area contributed by atoms with Crippen molar-refractivity contribution in [1.82, 2.24) is 19.3 Å². The number of nitrogens with zero attached hydrogens (tertiary/aromatic N) is 4. The summed E-state index contributed by atoms with van der Waals surface area (Å²) in [5, 5.41) is 0. The maximum atomic E-state index is 12.6. The molecule has 0 radical (unpaired) electrons. The van der Waals surface area contributed by atoms with Crippen LogP contribution in [0.3, 0.4) is 0 Å². The highest BCUT2D eigenvalue weighted by molar-refractivity contribution is 7.88. The van der Waals surface area contributed by atoms with Crippen molar-refractivity contribution in [2.45, 2.75) is 32.2 Å². The van der Waals surface area contributed by atoms with Gasteiger partial charge >= 0.3 is 0 Å². The van der Waals surface area contributed by atoms with Crippen molar-refractivity contribution in [3.63, 3.8) is 0 Å². The number of rotatable bonds is 4. The van der Waals surface area contributed by atoms with Crippen LogP contribution >= 0.6 is 0 Å². The minimum absolute atomic E-state index is 0.0741. The van der Waals surface area contributed by atoms with Crippen molar-refractivity contribution < 1.29 is 8.42 Å². The normalized spacial score (nSPS) is 24.1. The molecule has 2 aromatic heterocycles. The molecule has 0 aromatic carbocycles. The molecule has 1 N–H and O–H groups in total. The van der Waals surface area contributed by atoms with Crippen LogP contribution in [0.1, 0.15) is 35.5 Å².